The normalized spacial score (nSPS) is 23.0. The first-order valence-corrected chi connectivity index (χ1v) is 8.93. The number of anilines is 1. The van der Waals surface area contributed by atoms with Crippen molar-refractivity contribution >= 4 is 33.7 Å². The Morgan fingerprint density at radius 1 is 1.46 bits per heavy atom. The van der Waals surface area contributed by atoms with E-state index in [-0.39, 0.29) is 19.6 Å². The van der Waals surface area contributed by atoms with Gasteiger partial charge in [-0.3, -0.25) is 9.69 Å². The van der Waals surface area contributed by atoms with Gasteiger partial charge in [-0.15, -0.1) is 0 Å². The van der Waals surface area contributed by atoms with Crippen LogP contribution in [0.1, 0.15) is 27.2 Å². The SMILES string of the molecule is COC[C@@]1(F)C[C@H](C(=O)Nc2cccc(Br)n2)N(C(=O)OC(C)(C)C)C1. The highest BCUT2D eigenvalue weighted by Crippen LogP contribution is 2.33. The number of pyridine rings is 1. The van der Waals surface area contributed by atoms with Crippen molar-refractivity contribution in [3.05, 3.63) is 22.8 Å². The molecule has 1 aliphatic heterocycles. The van der Waals surface area contributed by atoms with Gasteiger partial charge in [-0.25, -0.2) is 14.2 Å². The number of hydrogen-bond donors (Lipinski definition) is 1. The summed E-state index contributed by atoms with van der Waals surface area (Å²) in [5, 5.41) is 2.62. The summed E-state index contributed by atoms with van der Waals surface area (Å²) in [5.41, 5.74) is -2.58. The van der Waals surface area contributed by atoms with Gasteiger partial charge in [-0.2, -0.15) is 0 Å². The van der Waals surface area contributed by atoms with Gasteiger partial charge in [0.05, 0.1) is 13.2 Å². The molecule has 0 aliphatic carbocycles. The smallest absolute Gasteiger partial charge is 0.411 e. The lowest BCUT2D eigenvalue weighted by Gasteiger charge is -2.28. The topological polar surface area (TPSA) is 80.8 Å². The number of alkyl halides is 1. The number of amides is 2. The van der Waals surface area contributed by atoms with E-state index in [1.54, 1.807) is 39.0 Å². The summed E-state index contributed by atoms with van der Waals surface area (Å²) in [7, 11) is 1.37. The number of nitrogens with zero attached hydrogens (tertiary/aromatic N) is 2. The molecule has 2 atom stereocenters. The molecule has 0 spiro atoms. The summed E-state index contributed by atoms with van der Waals surface area (Å²) in [5.74, 6) is -0.228. The fourth-order valence-corrected chi connectivity index (χ4v) is 3.08. The molecule has 1 fully saturated rings. The number of aromatic nitrogens is 1. The Morgan fingerprint density at radius 2 is 2.15 bits per heavy atom. The van der Waals surface area contributed by atoms with E-state index in [1.165, 1.54) is 7.11 Å². The first-order valence-electron chi connectivity index (χ1n) is 8.14. The van der Waals surface area contributed by atoms with Crippen molar-refractivity contribution in [1.82, 2.24) is 9.88 Å². The van der Waals surface area contributed by atoms with E-state index >= 15 is 0 Å². The van der Waals surface area contributed by atoms with Gasteiger partial charge >= 0.3 is 6.09 Å². The molecule has 2 heterocycles. The zero-order chi connectivity index (χ0) is 19.5. The summed E-state index contributed by atoms with van der Waals surface area (Å²) >= 11 is 3.22. The van der Waals surface area contributed by atoms with E-state index in [4.69, 9.17) is 9.47 Å². The number of rotatable bonds is 4. The fraction of sp³-hybridized carbons (Fsp3) is 0.588. The van der Waals surface area contributed by atoms with Crippen LogP contribution in [-0.2, 0) is 14.3 Å². The molecule has 0 bridgehead atoms. The van der Waals surface area contributed by atoms with Crippen LogP contribution < -0.4 is 5.32 Å². The predicted molar refractivity (Wildman–Crippen MR) is 97.6 cm³/mol. The van der Waals surface area contributed by atoms with E-state index in [0.29, 0.717) is 10.4 Å². The van der Waals surface area contributed by atoms with Crippen LogP contribution in [0.15, 0.2) is 22.8 Å². The third kappa shape index (κ3) is 5.38. The second-order valence-corrected chi connectivity index (χ2v) is 8.06. The highest BCUT2D eigenvalue weighted by atomic mass is 79.9. The molecule has 1 N–H and O–H groups in total. The first-order chi connectivity index (χ1) is 12.0. The molecule has 2 rings (SSSR count). The third-order valence-electron chi connectivity index (χ3n) is 3.69. The van der Waals surface area contributed by atoms with Crippen LogP contribution in [0.5, 0.6) is 0 Å². The maximum atomic E-state index is 15.0. The Balaban J connectivity index is 2.20. The largest absolute Gasteiger partial charge is 0.444 e. The molecule has 144 valence electrons. The summed E-state index contributed by atoms with van der Waals surface area (Å²) < 4.78 is 25.8. The van der Waals surface area contributed by atoms with E-state index in [9.17, 15) is 14.0 Å². The van der Waals surface area contributed by atoms with Crippen molar-refractivity contribution in [3.63, 3.8) is 0 Å². The maximum Gasteiger partial charge on any atom is 0.411 e. The van der Waals surface area contributed by atoms with Gasteiger partial charge in [0.15, 0.2) is 5.67 Å². The van der Waals surface area contributed by atoms with E-state index in [0.717, 1.165) is 4.90 Å². The quantitative estimate of drug-likeness (QED) is 0.740. The second-order valence-electron chi connectivity index (χ2n) is 7.25. The molecular weight excluding hydrogens is 409 g/mol. The number of ether oxygens (including phenoxy) is 2. The van der Waals surface area contributed by atoms with Crippen LogP contribution in [0.4, 0.5) is 15.0 Å². The predicted octanol–water partition coefficient (Wildman–Crippen LogP) is 3.15. The lowest BCUT2D eigenvalue weighted by molar-refractivity contribution is -0.120. The molecule has 1 aliphatic rings. The number of hydrogen-bond acceptors (Lipinski definition) is 5. The van der Waals surface area contributed by atoms with Crippen molar-refractivity contribution in [2.45, 2.75) is 44.5 Å². The molecule has 0 unspecified atom stereocenters. The van der Waals surface area contributed by atoms with Gasteiger partial charge in [-0.1, -0.05) is 6.07 Å². The molecule has 1 aromatic heterocycles. The van der Waals surface area contributed by atoms with Gasteiger partial charge in [-0.05, 0) is 48.8 Å². The molecular formula is C17H23BrFN3O4. The Bertz CT molecular complexity index is 682. The third-order valence-corrected chi connectivity index (χ3v) is 4.13. The zero-order valence-corrected chi connectivity index (χ0v) is 16.8. The Morgan fingerprint density at radius 3 is 2.73 bits per heavy atom. The molecule has 7 nitrogen and oxygen atoms in total. The van der Waals surface area contributed by atoms with Crippen LogP contribution >= 0.6 is 15.9 Å². The van der Waals surface area contributed by atoms with E-state index in [1.807, 2.05) is 0 Å². The molecule has 2 amide bonds. The average Bonchev–Trinajstić information content (AvgIpc) is 2.84. The van der Waals surface area contributed by atoms with E-state index < -0.39 is 29.3 Å². The van der Waals surface area contributed by atoms with Gasteiger partial charge < -0.3 is 14.8 Å². The Kier molecular flexibility index (Phi) is 6.23. The molecule has 9 heteroatoms. The number of halogens is 2. The molecule has 0 aromatic carbocycles. The number of likely N-dealkylation sites (tertiary alicyclic amines) is 1. The molecule has 1 aromatic rings. The second kappa shape index (κ2) is 7.87. The standard InChI is InChI=1S/C17H23BrFN3O4/c1-16(2,3)26-15(24)22-9-17(19,10-25-4)8-11(22)14(23)21-13-7-5-6-12(18)20-13/h5-7,11H,8-10H2,1-4H3,(H,20,21,23)/t11-,17-/m1/s1. The number of carbonyl (C=O) groups is 2. The van der Waals surface area contributed by atoms with Crippen molar-refractivity contribution in [3.8, 4) is 0 Å². The van der Waals surface area contributed by atoms with Crippen molar-refractivity contribution in [2.24, 2.45) is 0 Å². The summed E-state index contributed by atoms with van der Waals surface area (Å²) in [6.07, 6.45) is -0.921. The lowest BCUT2D eigenvalue weighted by atomic mass is 10.0. The van der Waals surface area contributed by atoms with Crippen molar-refractivity contribution < 1.29 is 23.5 Å². The molecule has 0 saturated carbocycles. The lowest BCUT2D eigenvalue weighted by Crippen LogP contribution is -2.45. The fourth-order valence-electron chi connectivity index (χ4n) is 2.73. The number of methoxy groups -OCH3 is 1. The summed E-state index contributed by atoms with van der Waals surface area (Å²) in [4.78, 5) is 30.4. The highest BCUT2D eigenvalue weighted by Gasteiger charge is 2.50. The van der Waals surface area contributed by atoms with Gasteiger partial charge in [0.2, 0.25) is 5.91 Å². The minimum absolute atomic E-state index is 0.181. The maximum absolute atomic E-state index is 15.0. The summed E-state index contributed by atoms with van der Waals surface area (Å²) in [6.45, 7) is 4.63. The molecule has 1 saturated heterocycles. The van der Waals surface area contributed by atoms with Crippen LogP contribution in [0.2, 0.25) is 0 Å². The van der Waals surface area contributed by atoms with Gasteiger partial charge in [0, 0.05) is 13.5 Å². The summed E-state index contributed by atoms with van der Waals surface area (Å²) in [6, 6.07) is 4.00. The van der Waals surface area contributed by atoms with Crippen molar-refractivity contribution in [2.75, 3.05) is 25.6 Å². The van der Waals surface area contributed by atoms with Crippen molar-refractivity contribution in [1.29, 1.82) is 0 Å². The average molecular weight is 432 g/mol. The zero-order valence-electron chi connectivity index (χ0n) is 15.2. The first kappa shape index (κ1) is 20.6. The highest BCUT2D eigenvalue weighted by molar-refractivity contribution is 9.10. The van der Waals surface area contributed by atoms with Gasteiger partial charge in [0.25, 0.3) is 0 Å². The number of carbonyl (C=O) groups excluding carboxylic acids is 2. The minimum Gasteiger partial charge on any atom is -0.444 e. The van der Waals surface area contributed by atoms with Crippen LogP contribution in [0.3, 0.4) is 0 Å². The molecule has 26 heavy (non-hydrogen) atoms. The Labute approximate surface area is 160 Å². The Hall–Kier alpha value is -1.74. The molecule has 0 radical (unpaired) electrons. The minimum atomic E-state index is -1.82. The van der Waals surface area contributed by atoms with Gasteiger partial charge in [0.1, 0.15) is 22.1 Å². The van der Waals surface area contributed by atoms with E-state index in [2.05, 4.69) is 26.2 Å². The monoisotopic (exact) mass is 431 g/mol. The van der Waals surface area contributed by atoms with Crippen LogP contribution in [0, 0.1) is 0 Å². The number of nitrogens with one attached hydrogen (secondary N) is 1. The van der Waals surface area contributed by atoms with Crippen LogP contribution in [0.25, 0.3) is 0 Å². The van der Waals surface area contributed by atoms with Crippen LogP contribution in [-0.4, -0.2) is 59.5 Å².